The van der Waals surface area contributed by atoms with Crippen LogP contribution < -0.4 is 4.74 Å². The number of ether oxygens (including phenoxy) is 10. The fourth-order valence-electron chi connectivity index (χ4n) is 6.28. The number of carbonyl (C=O) groups is 7. The van der Waals surface area contributed by atoms with Gasteiger partial charge in [0.1, 0.15) is 42.9 Å². The number of benzene rings is 1. The van der Waals surface area contributed by atoms with Crippen LogP contribution in [0.1, 0.15) is 51.9 Å². The molecule has 11 atom stereocenters. The van der Waals surface area contributed by atoms with Gasteiger partial charge in [-0.1, -0.05) is 0 Å². The maximum absolute atomic E-state index is 13.3. The van der Waals surface area contributed by atoms with Gasteiger partial charge in [0, 0.05) is 47.5 Å². The Labute approximate surface area is 302 Å². The monoisotopic (exact) mass is 752 g/mol. The molecule has 290 valence electrons. The Hall–Kier alpha value is -5.11. The first-order valence-corrected chi connectivity index (χ1v) is 16.2. The summed E-state index contributed by atoms with van der Waals surface area (Å²) < 4.78 is 55.0. The number of hydrogen-bond donors (Lipinski definition) is 2. The lowest BCUT2D eigenvalue weighted by atomic mass is 9.83. The lowest BCUT2D eigenvalue weighted by molar-refractivity contribution is -0.350. The Kier molecular flexibility index (Phi) is 13.2. The van der Waals surface area contributed by atoms with Crippen LogP contribution in [0, 0.1) is 11.8 Å². The SMILES string of the molecule is CC(=O)OC[C@H]1O[C@@H](O[C@@H]2OC=C[C@H]3[C@H](OC(=O)c4ccc(OC(C)=O)cc4)[C@@H](O)[C@](O)(COC(C)=O)[C@@H]23)[C@H](OC(C)=O)[C@@H](OC(C)=O)[C@@H]1OC(C)=O. The van der Waals surface area contributed by atoms with Crippen molar-refractivity contribution in [3.63, 3.8) is 0 Å². The molecule has 1 aromatic rings. The smallest absolute Gasteiger partial charge is 0.338 e. The van der Waals surface area contributed by atoms with Crippen molar-refractivity contribution in [2.75, 3.05) is 13.2 Å². The van der Waals surface area contributed by atoms with E-state index in [9.17, 15) is 43.8 Å². The van der Waals surface area contributed by atoms with Gasteiger partial charge in [-0.25, -0.2) is 4.79 Å². The number of aliphatic hydroxyl groups excluding tert-OH is 1. The van der Waals surface area contributed by atoms with E-state index in [1.165, 1.54) is 37.3 Å². The Morgan fingerprint density at radius 1 is 0.698 bits per heavy atom. The number of rotatable bonds is 12. The van der Waals surface area contributed by atoms with Crippen LogP contribution in [0.25, 0.3) is 0 Å². The lowest BCUT2D eigenvalue weighted by Crippen LogP contribution is -2.64. The number of carbonyl (C=O) groups excluding carboxylic acids is 7. The highest BCUT2D eigenvalue weighted by molar-refractivity contribution is 5.89. The summed E-state index contributed by atoms with van der Waals surface area (Å²) in [6, 6.07) is 5.30. The summed E-state index contributed by atoms with van der Waals surface area (Å²) in [5.74, 6) is -8.15. The average Bonchev–Trinajstić information content (AvgIpc) is 3.27. The molecule has 2 heterocycles. The van der Waals surface area contributed by atoms with Crippen LogP contribution in [0.4, 0.5) is 0 Å². The van der Waals surface area contributed by atoms with E-state index in [-0.39, 0.29) is 11.3 Å². The second kappa shape index (κ2) is 17.1. The van der Waals surface area contributed by atoms with Gasteiger partial charge < -0.3 is 57.6 Å². The maximum Gasteiger partial charge on any atom is 0.338 e. The molecule has 1 saturated heterocycles. The molecule has 53 heavy (non-hydrogen) atoms. The van der Waals surface area contributed by atoms with Crippen LogP contribution in [-0.4, -0.2) is 120 Å². The molecule has 0 amide bonds. The second-order valence-electron chi connectivity index (χ2n) is 12.3. The molecule has 0 bridgehead atoms. The molecular formula is C34H40O19. The maximum atomic E-state index is 13.3. The topological polar surface area (TPSA) is 252 Å². The normalized spacial score (nSPS) is 31.5. The molecule has 0 unspecified atom stereocenters. The summed E-state index contributed by atoms with van der Waals surface area (Å²) >= 11 is 0. The molecule has 2 N–H and O–H groups in total. The highest BCUT2D eigenvalue weighted by atomic mass is 16.8. The Balaban J connectivity index is 1.71. The van der Waals surface area contributed by atoms with Gasteiger partial charge in [0.15, 0.2) is 18.3 Å². The van der Waals surface area contributed by atoms with Gasteiger partial charge in [0.05, 0.1) is 17.7 Å². The predicted octanol–water partition coefficient (Wildman–Crippen LogP) is 0.00810. The van der Waals surface area contributed by atoms with E-state index in [1.54, 1.807) is 0 Å². The number of hydrogen-bond acceptors (Lipinski definition) is 19. The van der Waals surface area contributed by atoms with Crippen LogP contribution in [0.2, 0.25) is 0 Å². The van der Waals surface area contributed by atoms with Crippen LogP contribution in [0.3, 0.4) is 0 Å². The van der Waals surface area contributed by atoms with E-state index in [1.807, 2.05) is 0 Å². The minimum atomic E-state index is -2.44. The summed E-state index contributed by atoms with van der Waals surface area (Å²) in [5, 5.41) is 23.6. The van der Waals surface area contributed by atoms with Gasteiger partial charge in [0.25, 0.3) is 0 Å². The highest BCUT2D eigenvalue weighted by Gasteiger charge is 2.66. The van der Waals surface area contributed by atoms with E-state index >= 15 is 0 Å². The standard InChI is InChI=1S/C34H40O19/c1-15(35)45-13-24-27(48-18(4)38)28(49-19(5)39)29(50-20(6)40)33(51-24)53-32-25-23(11-12-44-32)26(30(41)34(25,43)14-46-16(2)36)52-31(42)21-7-9-22(10-8-21)47-17(3)37/h7-12,23-30,32-33,41,43H,13-14H2,1-6H3/t23-,24-,25-,26+,27-,28+,29-,30-,32+,33+,34+/m1/s1. The molecule has 0 radical (unpaired) electrons. The van der Waals surface area contributed by atoms with Gasteiger partial charge in [-0.15, -0.1) is 0 Å². The molecule has 4 rings (SSSR count). The second-order valence-corrected chi connectivity index (χ2v) is 12.3. The molecular weight excluding hydrogens is 712 g/mol. The van der Waals surface area contributed by atoms with E-state index in [0.717, 1.165) is 40.9 Å². The summed E-state index contributed by atoms with van der Waals surface area (Å²) in [6.45, 7) is 5.06. The minimum Gasteiger partial charge on any atom is -0.472 e. The third kappa shape index (κ3) is 9.86. The molecule has 2 fully saturated rings. The molecule has 0 spiro atoms. The van der Waals surface area contributed by atoms with Crippen molar-refractivity contribution in [1.82, 2.24) is 0 Å². The van der Waals surface area contributed by atoms with Crippen molar-refractivity contribution in [2.45, 2.75) is 96.3 Å². The van der Waals surface area contributed by atoms with E-state index < -0.39 is 122 Å². The number of aliphatic hydroxyl groups is 2. The van der Waals surface area contributed by atoms with Crippen molar-refractivity contribution in [1.29, 1.82) is 0 Å². The predicted molar refractivity (Wildman–Crippen MR) is 169 cm³/mol. The fraction of sp³-hybridized carbons (Fsp3) is 0.559. The number of esters is 7. The Bertz CT molecular complexity index is 1590. The van der Waals surface area contributed by atoms with Crippen molar-refractivity contribution in [3.05, 3.63) is 42.2 Å². The number of fused-ring (bicyclic) bond motifs is 1. The third-order valence-corrected chi connectivity index (χ3v) is 8.32. The van der Waals surface area contributed by atoms with Gasteiger partial charge in [0.2, 0.25) is 12.6 Å². The van der Waals surface area contributed by atoms with Gasteiger partial charge in [-0.2, -0.15) is 0 Å². The Morgan fingerprint density at radius 2 is 1.28 bits per heavy atom. The lowest BCUT2D eigenvalue weighted by Gasteiger charge is -2.46. The minimum absolute atomic E-state index is 0.0126. The Morgan fingerprint density at radius 3 is 1.85 bits per heavy atom. The van der Waals surface area contributed by atoms with E-state index in [2.05, 4.69) is 0 Å². The van der Waals surface area contributed by atoms with Crippen molar-refractivity contribution < 1.29 is 91.1 Å². The summed E-state index contributed by atoms with van der Waals surface area (Å²) in [4.78, 5) is 84.9. The molecule has 19 heteroatoms. The molecule has 2 aliphatic heterocycles. The summed E-state index contributed by atoms with van der Waals surface area (Å²) in [7, 11) is 0. The van der Waals surface area contributed by atoms with Crippen molar-refractivity contribution in [3.8, 4) is 5.75 Å². The largest absolute Gasteiger partial charge is 0.472 e. The zero-order valence-corrected chi connectivity index (χ0v) is 29.5. The molecule has 1 aromatic carbocycles. The first-order valence-electron chi connectivity index (χ1n) is 16.2. The van der Waals surface area contributed by atoms with Crippen LogP contribution in [0.5, 0.6) is 5.75 Å². The molecule has 3 aliphatic rings. The van der Waals surface area contributed by atoms with Gasteiger partial charge in [-0.3, -0.25) is 28.8 Å². The van der Waals surface area contributed by atoms with E-state index in [0.29, 0.717) is 0 Å². The molecule has 1 saturated carbocycles. The van der Waals surface area contributed by atoms with Crippen LogP contribution in [0.15, 0.2) is 36.6 Å². The highest BCUT2D eigenvalue weighted by Crippen LogP contribution is 2.49. The molecule has 0 aromatic heterocycles. The van der Waals surface area contributed by atoms with Crippen LogP contribution >= 0.6 is 0 Å². The summed E-state index contributed by atoms with van der Waals surface area (Å²) in [6.07, 6.45) is -10.6. The van der Waals surface area contributed by atoms with E-state index in [4.69, 9.17) is 47.4 Å². The fourth-order valence-corrected chi connectivity index (χ4v) is 6.28. The third-order valence-electron chi connectivity index (χ3n) is 8.32. The van der Waals surface area contributed by atoms with Crippen molar-refractivity contribution >= 4 is 41.8 Å². The molecule has 1 aliphatic carbocycles. The van der Waals surface area contributed by atoms with Crippen LogP contribution in [-0.2, 0) is 71.4 Å². The zero-order chi connectivity index (χ0) is 39.2. The zero-order valence-electron chi connectivity index (χ0n) is 29.5. The molecule has 19 nitrogen and oxygen atoms in total. The first kappa shape index (κ1) is 40.7. The van der Waals surface area contributed by atoms with Crippen molar-refractivity contribution in [2.24, 2.45) is 11.8 Å². The summed E-state index contributed by atoms with van der Waals surface area (Å²) in [5.41, 5.74) is -2.45. The first-order chi connectivity index (χ1) is 24.9. The van der Waals surface area contributed by atoms with Gasteiger partial charge in [-0.05, 0) is 30.3 Å². The van der Waals surface area contributed by atoms with Gasteiger partial charge >= 0.3 is 41.8 Å². The quantitative estimate of drug-likeness (QED) is 0.162. The average molecular weight is 753 g/mol.